The summed E-state index contributed by atoms with van der Waals surface area (Å²) in [6.07, 6.45) is 3.60. The van der Waals surface area contributed by atoms with Crippen LogP contribution in [0.5, 0.6) is 0 Å². The Morgan fingerprint density at radius 1 is 0.778 bits per heavy atom. The fraction of sp³-hybridized carbons (Fsp3) is 0.583. The molecule has 12 heteroatoms. The van der Waals surface area contributed by atoms with Gasteiger partial charge in [0, 0.05) is 31.6 Å². The summed E-state index contributed by atoms with van der Waals surface area (Å²) in [5.41, 5.74) is 13.8. The van der Waals surface area contributed by atoms with Crippen molar-refractivity contribution >= 4 is 51.5 Å². The molecule has 5 heterocycles. The Labute approximate surface area is 221 Å². The van der Waals surface area contributed by atoms with Crippen molar-refractivity contribution < 1.29 is 18.8 Å². The van der Waals surface area contributed by atoms with Crippen LogP contribution in [-0.4, -0.2) is 80.9 Å². The van der Waals surface area contributed by atoms with Gasteiger partial charge >= 0.3 is 7.12 Å². The number of ether oxygens (including phenoxy) is 2. The first-order chi connectivity index (χ1) is 17.1. The van der Waals surface area contributed by atoms with Crippen LogP contribution in [0.2, 0.25) is 0 Å². The second-order valence-electron chi connectivity index (χ2n) is 10.0. The third-order valence-electron chi connectivity index (χ3n) is 7.05. The number of halogens is 1. The highest BCUT2D eigenvalue weighted by Crippen LogP contribution is 2.37. The van der Waals surface area contributed by atoms with E-state index in [1.165, 1.54) is 0 Å². The van der Waals surface area contributed by atoms with Gasteiger partial charge in [0.1, 0.15) is 11.6 Å². The molecule has 0 aromatic carbocycles. The topological polar surface area (TPSA) is 121 Å². The van der Waals surface area contributed by atoms with Crippen molar-refractivity contribution in [1.29, 1.82) is 0 Å². The van der Waals surface area contributed by atoms with Crippen molar-refractivity contribution in [2.24, 2.45) is 0 Å². The van der Waals surface area contributed by atoms with Crippen molar-refractivity contribution in [3.63, 3.8) is 0 Å². The number of aromatic nitrogens is 2. The predicted octanol–water partition coefficient (Wildman–Crippen LogP) is 2.06. The first-order valence-corrected chi connectivity index (χ1v) is 13.0. The van der Waals surface area contributed by atoms with Crippen molar-refractivity contribution in [3.05, 3.63) is 29.0 Å². The molecule has 2 aromatic rings. The smallest absolute Gasteiger partial charge is 0.399 e. The average Bonchev–Trinajstić information content (AvgIpc) is 3.09. The molecule has 0 spiro atoms. The normalized spacial score (nSPS) is 21.2. The number of anilines is 4. The largest absolute Gasteiger partial charge is 0.498 e. The molecule has 0 atom stereocenters. The third kappa shape index (κ3) is 6.05. The van der Waals surface area contributed by atoms with Crippen LogP contribution >= 0.6 is 15.9 Å². The van der Waals surface area contributed by atoms with Crippen molar-refractivity contribution in [2.75, 3.05) is 73.9 Å². The molecule has 10 nitrogen and oxygen atoms in total. The van der Waals surface area contributed by atoms with Crippen molar-refractivity contribution in [2.45, 2.75) is 38.9 Å². The van der Waals surface area contributed by atoms with Gasteiger partial charge in [-0.25, -0.2) is 9.97 Å². The van der Waals surface area contributed by atoms with Crippen molar-refractivity contribution in [1.82, 2.24) is 9.97 Å². The maximum Gasteiger partial charge on any atom is 0.498 e. The van der Waals surface area contributed by atoms with E-state index >= 15 is 0 Å². The fourth-order valence-corrected chi connectivity index (χ4v) is 4.40. The minimum absolute atomic E-state index is 0.390. The number of hydrogen-bond acceptors (Lipinski definition) is 10. The van der Waals surface area contributed by atoms with Crippen LogP contribution in [0.1, 0.15) is 27.7 Å². The van der Waals surface area contributed by atoms with E-state index in [1.54, 1.807) is 12.4 Å². The van der Waals surface area contributed by atoms with E-state index in [0.29, 0.717) is 11.6 Å². The molecule has 0 saturated carbocycles. The van der Waals surface area contributed by atoms with Gasteiger partial charge in [0.2, 0.25) is 0 Å². The van der Waals surface area contributed by atoms with Crippen LogP contribution in [0.15, 0.2) is 29.0 Å². The monoisotopic (exact) mass is 562 g/mol. The zero-order chi connectivity index (χ0) is 25.9. The molecule has 196 valence electrons. The Morgan fingerprint density at radius 3 is 1.69 bits per heavy atom. The summed E-state index contributed by atoms with van der Waals surface area (Å²) in [5, 5.41) is 0. The first-order valence-electron chi connectivity index (χ1n) is 12.2. The summed E-state index contributed by atoms with van der Waals surface area (Å²) in [7, 11) is -0.488. The summed E-state index contributed by atoms with van der Waals surface area (Å²) >= 11 is 3.37. The van der Waals surface area contributed by atoms with Crippen molar-refractivity contribution in [3.8, 4) is 0 Å². The Kier molecular flexibility index (Phi) is 8.30. The summed E-state index contributed by atoms with van der Waals surface area (Å²) in [6.45, 7) is 14.7. The lowest BCUT2D eigenvalue weighted by Crippen LogP contribution is -2.41. The molecule has 3 aliphatic rings. The molecule has 3 fully saturated rings. The average molecular weight is 563 g/mol. The molecule has 0 unspecified atom stereocenters. The maximum absolute atomic E-state index is 6.09. The highest BCUT2D eigenvalue weighted by atomic mass is 79.9. The third-order valence-corrected chi connectivity index (χ3v) is 7.69. The quantitative estimate of drug-likeness (QED) is 0.537. The molecule has 4 N–H and O–H groups in total. The second-order valence-corrected chi connectivity index (χ2v) is 10.9. The van der Waals surface area contributed by atoms with Gasteiger partial charge in [-0.1, -0.05) is 0 Å². The molecular weight excluding hydrogens is 527 g/mol. The molecule has 36 heavy (non-hydrogen) atoms. The molecule has 0 aliphatic carbocycles. The minimum atomic E-state index is -0.488. The Balaban J connectivity index is 0.000000187. The van der Waals surface area contributed by atoms with Gasteiger partial charge in [-0.3, -0.25) is 0 Å². The first kappa shape index (κ1) is 26.9. The molecule has 5 rings (SSSR count). The van der Waals surface area contributed by atoms with E-state index in [1.807, 2.05) is 39.8 Å². The van der Waals surface area contributed by atoms with Crippen LogP contribution in [0, 0.1) is 0 Å². The Hall–Kier alpha value is -2.12. The van der Waals surface area contributed by atoms with Crippen LogP contribution in [0.25, 0.3) is 0 Å². The second kappa shape index (κ2) is 11.1. The molecule has 2 aromatic heterocycles. The highest BCUT2D eigenvalue weighted by Gasteiger charge is 2.52. The van der Waals surface area contributed by atoms with Crippen LogP contribution in [0.4, 0.5) is 23.0 Å². The van der Waals surface area contributed by atoms with Gasteiger partial charge in [-0.15, -0.1) is 0 Å². The number of nitrogens with two attached hydrogens (primary N) is 2. The van der Waals surface area contributed by atoms with Crippen LogP contribution in [-0.2, 0) is 18.8 Å². The van der Waals surface area contributed by atoms with Gasteiger partial charge in [0.05, 0.1) is 65.9 Å². The minimum Gasteiger partial charge on any atom is -0.399 e. The van der Waals surface area contributed by atoms with Gasteiger partial charge in [0.25, 0.3) is 0 Å². The molecule has 3 aliphatic heterocycles. The number of rotatable bonds is 3. The number of nitrogen functional groups attached to an aromatic ring is 2. The lowest BCUT2D eigenvalue weighted by molar-refractivity contribution is 0.00578. The highest BCUT2D eigenvalue weighted by molar-refractivity contribution is 9.10. The van der Waals surface area contributed by atoms with E-state index in [9.17, 15) is 0 Å². The zero-order valence-electron chi connectivity index (χ0n) is 21.5. The number of morpholine rings is 2. The molecule has 0 bridgehead atoms. The summed E-state index contributed by atoms with van der Waals surface area (Å²) in [6, 6.07) is 4.02. The molecule has 3 saturated heterocycles. The zero-order valence-corrected chi connectivity index (χ0v) is 23.1. The summed E-state index contributed by atoms with van der Waals surface area (Å²) < 4.78 is 23.7. The van der Waals surface area contributed by atoms with Gasteiger partial charge < -0.3 is 40.0 Å². The molecule has 0 radical (unpaired) electrons. The Morgan fingerprint density at radius 2 is 1.22 bits per heavy atom. The lowest BCUT2D eigenvalue weighted by Gasteiger charge is -2.32. The van der Waals surface area contributed by atoms with E-state index in [-0.39, 0.29) is 11.2 Å². The number of hydrogen-bond donors (Lipinski definition) is 2. The van der Waals surface area contributed by atoms with E-state index in [2.05, 4.69) is 35.7 Å². The fourth-order valence-electron chi connectivity index (χ4n) is 4.07. The summed E-state index contributed by atoms with van der Waals surface area (Å²) in [5.74, 6) is 0.984. The SMILES string of the molecule is CC1(C)OB(c2cc(N3CCOCC3)cnc2N)OC1(C)C.Nc1ncc(N2CCOCC2)cc1Br. The lowest BCUT2D eigenvalue weighted by atomic mass is 9.79. The van der Waals surface area contributed by atoms with E-state index in [4.69, 9.17) is 30.2 Å². The Bertz CT molecular complexity index is 1030. The van der Waals surface area contributed by atoms with E-state index in [0.717, 1.165) is 73.9 Å². The van der Waals surface area contributed by atoms with Crippen LogP contribution < -0.4 is 26.7 Å². The van der Waals surface area contributed by atoms with Gasteiger partial charge in [0.15, 0.2) is 0 Å². The predicted molar refractivity (Wildman–Crippen MR) is 147 cm³/mol. The number of pyridine rings is 2. The maximum atomic E-state index is 6.09. The van der Waals surface area contributed by atoms with Gasteiger partial charge in [-0.05, 0) is 55.8 Å². The van der Waals surface area contributed by atoms with E-state index < -0.39 is 7.12 Å². The standard InChI is InChI=1S/C15H24BN3O3.C9H12BrN3O/c1-14(2)15(3,4)22-16(21-14)12-9-11(10-18-13(12)17)19-5-7-20-8-6-19;10-8-5-7(6-12-9(8)11)13-1-3-14-4-2-13/h9-10H,5-8H2,1-4H3,(H2,17,18);5-6H,1-4H2,(H2,11,12). The van der Waals surface area contributed by atoms with Crippen LogP contribution in [0.3, 0.4) is 0 Å². The molecular formula is C24H36BBrN6O4. The van der Waals surface area contributed by atoms with Gasteiger partial charge in [-0.2, -0.15) is 0 Å². The summed E-state index contributed by atoms with van der Waals surface area (Å²) in [4.78, 5) is 12.9. The molecule has 0 amide bonds. The number of nitrogens with zero attached hydrogens (tertiary/aromatic N) is 4.